The summed E-state index contributed by atoms with van der Waals surface area (Å²) in [6.45, 7) is 0.394. The largest absolute Gasteiger partial charge is 0.481 e. The van der Waals surface area contributed by atoms with E-state index in [0.717, 1.165) is 0 Å². The van der Waals surface area contributed by atoms with Gasteiger partial charge >= 0.3 is 11.9 Å². The Labute approximate surface area is 289 Å². The Morgan fingerprint density at radius 1 is 0.860 bits per heavy atom. The van der Waals surface area contributed by atoms with Crippen LogP contribution in [0.2, 0.25) is 0 Å². The first kappa shape index (κ1) is 42.7. The molecule has 1 fully saturated rings. The summed E-state index contributed by atoms with van der Waals surface area (Å²) in [5.74, 6) is -9.68. The molecule has 21 nitrogen and oxygen atoms in total. The Balaban J connectivity index is 2.94. The van der Waals surface area contributed by atoms with E-state index in [0.29, 0.717) is 18.5 Å². The molecule has 0 aromatic carbocycles. The van der Waals surface area contributed by atoms with Crippen LogP contribution in [-0.2, 0) is 52.7 Å². The average Bonchev–Trinajstić information content (AvgIpc) is 3.48. The van der Waals surface area contributed by atoms with E-state index in [4.69, 9.17) is 15.9 Å². The third-order valence-electron chi connectivity index (χ3n) is 6.96. The molecule has 0 aromatic heterocycles. The van der Waals surface area contributed by atoms with Crippen molar-refractivity contribution in [2.24, 2.45) is 5.73 Å². The lowest BCUT2D eigenvalue weighted by Gasteiger charge is -2.24. The Hall–Kier alpha value is -5.28. The number of nitrogens with one attached hydrogen (secondary N) is 7. The first-order chi connectivity index (χ1) is 23.5. The van der Waals surface area contributed by atoms with Gasteiger partial charge in [0.25, 0.3) is 0 Å². The standard InChI is InChI=1S/C28H42N8O13S/c1-13(24(45)32-14(12-37)7-8-50-2)31-26(47)16(4-6-22(41)42)35-28(49)17(9-19(29)38)34-21(40)11-30-25(46)18(10-23(43)44)36-27(48)15-3-5-20(39)33-15/h12-18H,3-11H2,1-2H3,(H2,29,38)(H,30,46)(H,31,47)(H,32,45)(H,33,39)(H,34,40)(H,35,49)(H,36,48)(H,41,42)(H,43,44)/t13-,14-,15-,16-,17-,18-/m0/s1. The first-order valence-electron chi connectivity index (χ1n) is 15.2. The number of hydrogen-bond donors (Lipinski definition) is 10. The van der Waals surface area contributed by atoms with Crippen molar-refractivity contribution in [2.75, 3.05) is 18.6 Å². The van der Waals surface area contributed by atoms with Crippen LogP contribution in [0.25, 0.3) is 0 Å². The van der Waals surface area contributed by atoms with E-state index < -0.39 is 128 Å². The Kier molecular flexibility index (Phi) is 18.5. The van der Waals surface area contributed by atoms with Gasteiger partial charge in [-0.3, -0.25) is 47.9 Å². The van der Waals surface area contributed by atoms with Crippen molar-refractivity contribution in [1.29, 1.82) is 0 Å². The quantitative estimate of drug-likeness (QED) is 0.0440. The predicted octanol–water partition coefficient (Wildman–Crippen LogP) is -5.01. The van der Waals surface area contributed by atoms with E-state index in [1.807, 2.05) is 0 Å². The average molecular weight is 731 g/mol. The van der Waals surface area contributed by atoms with Gasteiger partial charge in [0.2, 0.25) is 47.3 Å². The van der Waals surface area contributed by atoms with Gasteiger partial charge in [-0.25, -0.2) is 0 Å². The molecule has 278 valence electrons. The zero-order valence-corrected chi connectivity index (χ0v) is 28.1. The van der Waals surface area contributed by atoms with Crippen LogP contribution in [0.3, 0.4) is 0 Å². The number of thioether (sulfide) groups is 1. The third kappa shape index (κ3) is 16.2. The van der Waals surface area contributed by atoms with Gasteiger partial charge in [0.15, 0.2) is 0 Å². The molecule has 0 aromatic rings. The van der Waals surface area contributed by atoms with Gasteiger partial charge in [0.1, 0.15) is 36.5 Å². The fourth-order valence-corrected chi connectivity index (χ4v) is 4.82. The summed E-state index contributed by atoms with van der Waals surface area (Å²) in [5.41, 5.74) is 5.20. The molecule has 6 atom stereocenters. The molecule has 1 saturated heterocycles. The maximum Gasteiger partial charge on any atom is 0.305 e. The summed E-state index contributed by atoms with van der Waals surface area (Å²) >= 11 is 1.45. The lowest BCUT2D eigenvalue weighted by atomic mass is 10.1. The second kappa shape index (κ2) is 21.6. The number of aldehydes is 1. The molecular formula is C28H42N8O13S. The minimum Gasteiger partial charge on any atom is -0.481 e. The number of carbonyl (C=O) groups excluding carboxylic acids is 9. The summed E-state index contributed by atoms with van der Waals surface area (Å²) in [6.07, 6.45) is 0.0195. The lowest BCUT2D eigenvalue weighted by Crippen LogP contribution is -2.58. The first-order valence-corrected chi connectivity index (χ1v) is 16.6. The Bertz CT molecular complexity index is 1330. The van der Waals surface area contributed by atoms with Crippen LogP contribution >= 0.6 is 11.8 Å². The van der Waals surface area contributed by atoms with Crippen molar-refractivity contribution < 1.29 is 63.0 Å². The van der Waals surface area contributed by atoms with Gasteiger partial charge in [-0.2, -0.15) is 11.8 Å². The van der Waals surface area contributed by atoms with Crippen molar-refractivity contribution >= 4 is 77.2 Å². The van der Waals surface area contributed by atoms with Crippen LogP contribution in [0.15, 0.2) is 0 Å². The van der Waals surface area contributed by atoms with Crippen LogP contribution in [-0.4, -0.2) is 130 Å². The van der Waals surface area contributed by atoms with E-state index in [1.165, 1.54) is 18.7 Å². The second-order valence-electron chi connectivity index (χ2n) is 11.1. The number of carbonyl (C=O) groups is 11. The minimum absolute atomic E-state index is 0.0524. The van der Waals surface area contributed by atoms with E-state index in [2.05, 4.69) is 37.2 Å². The number of carboxylic acid groups (broad SMARTS) is 2. The van der Waals surface area contributed by atoms with E-state index >= 15 is 0 Å². The van der Waals surface area contributed by atoms with Crippen molar-refractivity contribution in [3.63, 3.8) is 0 Å². The summed E-state index contributed by atoms with van der Waals surface area (Å²) in [6, 6.07) is -8.06. The van der Waals surface area contributed by atoms with Gasteiger partial charge in [-0.15, -0.1) is 0 Å². The summed E-state index contributed by atoms with van der Waals surface area (Å²) in [7, 11) is 0. The number of amides is 8. The molecule has 0 spiro atoms. The number of nitrogens with two attached hydrogens (primary N) is 1. The van der Waals surface area contributed by atoms with Crippen LogP contribution in [0.5, 0.6) is 0 Å². The molecule has 1 aliphatic heterocycles. The molecule has 8 amide bonds. The highest BCUT2D eigenvalue weighted by Gasteiger charge is 2.33. The number of aliphatic carboxylic acids is 2. The molecule has 0 radical (unpaired) electrons. The molecule has 0 bridgehead atoms. The lowest BCUT2D eigenvalue weighted by molar-refractivity contribution is -0.141. The highest BCUT2D eigenvalue weighted by Crippen LogP contribution is 2.08. The van der Waals surface area contributed by atoms with E-state index in [1.54, 1.807) is 6.26 Å². The van der Waals surface area contributed by atoms with Crippen LogP contribution in [0.4, 0.5) is 0 Å². The monoisotopic (exact) mass is 730 g/mol. The Morgan fingerprint density at radius 3 is 2.04 bits per heavy atom. The fraction of sp³-hybridized carbons (Fsp3) is 0.607. The van der Waals surface area contributed by atoms with E-state index in [9.17, 15) is 52.7 Å². The molecule has 50 heavy (non-hydrogen) atoms. The molecule has 11 N–H and O–H groups in total. The van der Waals surface area contributed by atoms with Gasteiger partial charge in [0, 0.05) is 12.8 Å². The smallest absolute Gasteiger partial charge is 0.305 e. The maximum atomic E-state index is 13.1. The molecule has 1 aliphatic rings. The normalized spacial score (nSPS) is 16.5. The number of carboxylic acids is 2. The van der Waals surface area contributed by atoms with Crippen molar-refractivity contribution in [2.45, 2.75) is 88.1 Å². The van der Waals surface area contributed by atoms with Gasteiger partial charge in [-0.05, 0) is 38.2 Å². The summed E-state index contributed by atoms with van der Waals surface area (Å²) in [4.78, 5) is 133. The zero-order chi connectivity index (χ0) is 38.0. The molecule has 0 saturated carbocycles. The molecule has 22 heteroatoms. The number of primary amides is 1. The van der Waals surface area contributed by atoms with Crippen molar-refractivity contribution in [3.8, 4) is 0 Å². The SMILES string of the molecule is CSCC[C@@H](C=O)NC(=O)[C@H](C)NC(=O)[C@H](CCC(=O)O)NC(=O)[C@H](CC(N)=O)NC(=O)CNC(=O)[C@H](CC(=O)O)NC(=O)[C@@H]1CCC(=O)N1. The predicted molar refractivity (Wildman–Crippen MR) is 171 cm³/mol. The number of hydrogen-bond acceptors (Lipinski definition) is 12. The molecule has 0 unspecified atom stereocenters. The van der Waals surface area contributed by atoms with Gasteiger partial charge < -0.3 is 58.0 Å². The maximum absolute atomic E-state index is 13.1. The summed E-state index contributed by atoms with van der Waals surface area (Å²) in [5, 5.41) is 34.0. The van der Waals surface area contributed by atoms with Gasteiger partial charge in [-0.1, -0.05) is 0 Å². The van der Waals surface area contributed by atoms with Crippen molar-refractivity contribution in [3.05, 3.63) is 0 Å². The fourth-order valence-electron chi connectivity index (χ4n) is 4.33. The highest BCUT2D eigenvalue weighted by atomic mass is 32.2. The molecule has 1 heterocycles. The minimum atomic E-state index is -1.75. The zero-order valence-electron chi connectivity index (χ0n) is 27.3. The van der Waals surface area contributed by atoms with E-state index in [-0.39, 0.29) is 12.8 Å². The van der Waals surface area contributed by atoms with Crippen LogP contribution < -0.4 is 43.0 Å². The third-order valence-corrected chi connectivity index (χ3v) is 7.60. The summed E-state index contributed by atoms with van der Waals surface area (Å²) < 4.78 is 0. The van der Waals surface area contributed by atoms with Crippen LogP contribution in [0.1, 0.15) is 51.9 Å². The molecule has 1 rings (SSSR count). The molecule has 0 aliphatic carbocycles. The second-order valence-corrected chi connectivity index (χ2v) is 12.1. The van der Waals surface area contributed by atoms with Crippen LogP contribution in [0, 0.1) is 0 Å². The molecular weight excluding hydrogens is 688 g/mol. The topological polar surface area (TPSA) is 338 Å². The van der Waals surface area contributed by atoms with Gasteiger partial charge in [0.05, 0.1) is 25.4 Å². The number of rotatable bonds is 23. The van der Waals surface area contributed by atoms with Crippen molar-refractivity contribution in [1.82, 2.24) is 37.2 Å². The highest BCUT2D eigenvalue weighted by molar-refractivity contribution is 7.98. The Morgan fingerprint density at radius 2 is 1.50 bits per heavy atom.